The van der Waals surface area contributed by atoms with Crippen LogP contribution in [0.5, 0.6) is 11.5 Å². The van der Waals surface area contributed by atoms with Crippen LogP contribution in [0.4, 0.5) is 52.7 Å². The molecule has 4 aromatic rings. The first-order valence-electron chi connectivity index (χ1n) is 20.2. The molecule has 0 radical (unpaired) electrons. The van der Waals surface area contributed by atoms with Gasteiger partial charge in [-0.1, -0.05) is 71.2 Å². The Labute approximate surface area is 367 Å². The molecule has 4 nitrogen and oxygen atoms in total. The van der Waals surface area contributed by atoms with Gasteiger partial charge >= 0.3 is 19.5 Å². The van der Waals surface area contributed by atoms with Crippen molar-refractivity contribution in [2.75, 3.05) is 0 Å². The van der Waals surface area contributed by atoms with Crippen LogP contribution in [0.25, 0.3) is 11.1 Å². The Balaban J connectivity index is 0.000000270. The van der Waals surface area contributed by atoms with Gasteiger partial charge in [0.2, 0.25) is 0 Å². The molecule has 4 aromatic carbocycles. The molecular formula is C45H50BBrF12O4. The standard InChI is InChI=1S/C22H22F6O.C15H21BF2O2.C7H3BrF4O.CH4/c1-2-3-12-4-6-13(7-5-12)14-8-9-15(19(24)18(14)23)16-10-11-17(22(26,27)28)20(25)21(16)29;1-2-3-10-4-6-11(7-5-10)12-8-9-13(16(19)20)15(18)14(12)17;8-4-2-1-3(7(10,11)12)5(9)6(4)13;/h8-13,29H,2-7H2,1H3;8-11,19-20H,2-7H2,1H3;1-2,13H;1H4. The molecular weight excluding hydrogens is 923 g/mol. The van der Waals surface area contributed by atoms with Crippen LogP contribution in [0.1, 0.15) is 132 Å². The van der Waals surface area contributed by atoms with Crippen LogP contribution >= 0.6 is 15.9 Å². The summed E-state index contributed by atoms with van der Waals surface area (Å²) in [6.45, 7) is 4.28. The molecule has 0 heterocycles. The smallest absolute Gasteiger partial charge is 0.491 e. The maximum absolute atomic E-state index is 14.7. The van der Waals surface area contributed by atoms with E-state index in [4.69, 9.17) is 15.2 Å². The van der Waals surface area contributed by atoms with E-state index < -0.39 is 93.6 Å². The Morgan fingerprint density at radius 2 is 0.921 bits per heavy atom. The van der Waals surface area contributed by atoms with E-state index in [2.05, 4.69) is 29.8 Å². The van der Waals surface area contributed by atoms with Gasteiger partial charge in [0.25, 0.3) is 0 Å². The third-order valence-corrected chi connectivity index (χ3v) is 12.2. The molecule has 63 heavy (non-hydrogen) atoms. The van der Waals surface area contributed by atoms with Gasteiger partial charge in [-0.15, -0.1) is 0 Å². The van der Waals surface area contributed by atoms with Gasteiger partial charge in [0.15, 0.2) is 46.4 Å². The van der Waals surface area contributed by atoms with Crippen LogP contribution in [0.15, 0.2) is 53.0 Å². The molecule has 2 saturated carbocycles. The topological polar surface area (TPSA) is 80.9 Å². The number of aromatic hydroxyl groups is 2. The highest BCUT2D eigenvalue weighted by atomic mass is 79.9. The monoisotopic (exact) mass is 972 g/mol. The van der Waals surface area contributed by atoms with E-state index in [1.54, 1.807) is 0 Å². The lowest BCUT2D eigenvalue weighted by Gasteiger charge is -2.29. The van der Waals surface area contributed by atoms with Gasteiger partial charge in [0.05, 0.1) is 15.6 Å². The second-order valence-electron chi connectivity index (χ2n) is 15.7. The van der Waals surface area contributed by atoms with Gasteiger partial charge in [-0.3, -0.25) is 0 Å². The summed E-state index contributed by atoms with van der Waals surface area (Å²) >= 11 is 2.69. The predicted octanol–water partition coefficient (Wildman–Crippen LogP) is 14.2. The summed E-state index contributed by atoms with van der Waals surface area (Å²) in [5.74, 6) is -9.20. The molecule has 0 bridgehead atoms. The van der Waals surface area contributed by atoms with Crippen LogP contribution in [0.3, 0.4) is 0 Å². The zero-order valence-corrected chi connectivity index (χ0v) is 35.3. The van der Waals surface area contributed by atoms with E-state index in [9.17, 15) is 57.8 Å². The van der Waals surface area contributed by atoms with Crippen molar-refractivity contribution in [2.45, 2.75) is 123 Å². The molecule has 4 N–H and O–H groups in total. The number of benzene rings is 4. The van der Waals surface area contributed by atoms with Crippen molar-refractivity contribution in [3.8, 4) is 22.6 Å². The van der Waals surface area contributed by atoms with Gasteiger partial charge in [0.1, 0.15) is 0 Å². The van der Waals surface area contributed by atoms with Crippen LogP contribution in [-0.2, 0) is 12.4 Å². The van der Waals surface area contributed by atoms with Crippen molar-refractivity contribution in [3.63, 3.8) is 0 Å². The predicted molar refractivity (Wildman–Crippen MR) is 221 cm³/mol. The SMILES string of the molecule is C.CCCC1CCC(c2ccc(-c3ccc(C(F)(F)F)c(F)c3O)c(F)c2F)CC1.CCCC1CCC(c2ccc(B(O)O)c(F)c2F)CC1.Oc1c(Br)ccc(C(F)(F)F)c1F. The van der Waals surface area contributed by atoms with E-state index >= 15 is 0 Å². The molecule has 0 aliphatic heterocycles. The zero-order chi connectivity index (χ0) is 46.3. The number of halogens is 13. The van der Waals surface area contributed by atoms with Crippen molar-refractivity contribution < 1.29 is 72.9 Å². The van der Waals surface area contributed by atoms with Gasteiger partial charge in [-0.25, -0.2) is 26.3 Å². The fraction of sp³-hybridized carbons (Fsp3) is 0.467. The van der Waals surface area contributed by atoms with Crippen molar-refractivity contribution >= 4 is 28.5 Å². The summed E-state index contributed by atoms with van der Waals surface area (Å²) in [7, 11) is -1.97. The summed E-state index contributed by atoms with van der Waals surface area (Å²) in [5.41, 5.74) is -3.95. The maximum Gasteiger partial charge on any atom is 0.491 e. The van der Waals surface area contributed by atoms with Crippen LogP contribution < -0.4 is 5.46 Å². The van der Waals surface area contributed by atoms with E-state index in [1.165, 1.54) is 37.1 Å². The number of phenolic OH excluding ortho intramolecular Hbond substituents is 2. The third-order valence-electron chi connectivity index (χ3n) is 11.6. The molecule has 0 atom stereocenters. The fourth-order valence-electron chi connectivity index (χ4n) is 8.28. The average molecular weight is 974 g/mol. The highest BCUT2D eigenvalue weighted by Crippen LogP contribution is 2.44. The summed E-state index contributed by atoms with van der Waals surface area (Å²) < 4.78 is 158. The average Bonchev–Trinajstić information content (AvgIpc) is 3.20. The molecule has 348 valence electrons. The van der Waals surface area contributed by atoms with E-state index in [1.807, 2.05) is 0 Å². The van der Waals surface area contributed by atoms with Gasteiger partial charge in [-0.2, -0.15) is 26.3 Å². The molecule has 0 amide bonds. The lowest BCUT2D eigenvalue weighted by Crippen LogP contribution is -2.34. The normalized spacial score (nSPS) is 18.9. The van der Waals surface area contributed by atoms with Crippen LogP contribution in [-0.4, -0.2) is 27.4 Å². The highest BCUT2D eigenvalue weighted by molar-refractivity contribution is 9.10. The number of hydrogen-bond donors (Lipinski definition) is 4. The van der Waals surface area contributed by atoms with Gasteiger partial charge < -0.3 is 20.3 Å². The molecule has 18 heteroatoms. The summed E-state index contributed by atoms with van der Waals surface area (Å²) in [4.78, 5) is 0. The largest absolute Gasteiger partial charge is 0.504 e. The molecule has 0 spiro atoms. The molecule has 2 fully saturated rings. The molecule has 0 unspecified atom stereocenters. The quantitative estimate of drug-likeness (QED) is 0.105. The fourth-order valence-corrected chi connectivity index (χ4v) is 8.59. The second kappa shape index (κ2) is 22.8. The number of phenols is 2. The van der Waals surface area contributed by atoms with Crippen molar-refractivity contribution in [2.24, 2.45) is 11.8 Å². The Kier molecular flexibility index (Phi) is 19.4. The zero-order valence-electron chi connectivity index (χ0n) is 33.7. The first-order chi connectivity index (χ1) is 29.0. The summed E-state index contributed by atoms with van der Waals surface area (Å²) in [5, 5.41) is 36.6. The minimum Gasteiger partial charge on any atom is -0.504 e. The lowest BCUT2D eigenvalue weighted by atomic mass is 9.74. The van der Waals surface area contributed by atoms with E-state index in [0.29, 0.717) is 29.5 Å². The first-order valence-corrected chi connectivity index (χ1v) is 21.0. The second-order valence-corrected chi connectivity index (χ2v) is 16.5. The maximum atomic E-state index is 14.7. The summed E-state index contributed by atoms with van der Waals surface area (Å²) in [6, 6.07) is 7.98. The van der Waals surface area contributed by atoms with Crippen molar-refractivity contribution in [1.29, 1.82) is 0 Å². The van der Waals surface area contributed by atoms with E-state index in [-0.39, 0.29) is 29.3 Å². The van der Waals surface area contributed by atoms with Gasteiger partial charge in [0, 0.05) is 16.6 Å². The third kappa shape index (κ3) is 13.1. The number of alkyl halides is 6. The molecule has 0 saturated heterocycles. The van der Waals surface area contributed by atoms with Crippen LogP contribution in [0, 0.1) is 46.7 Å². The molecule has 6 rings (SSSR count). The molecule has 2 aliphatic carbocycles. The first kappa shape index (κ1) is 53.4. The van der Waals surface area contributed by atoms with Gasteiger partial charge in [-0.05, 0) is 126 Å². The minimum absolute atomic E-state index is 0. The minimum atomic E-state index is -5.01. The van der Waals surface area contributed by atoms with Crippen molar-refractivity contribution in [3.05, 3.63) is 110 Å². The van der Waals surface area contributed by atoms with Crippen molar-refractivity contribution in [1.82, 2.24) is 0 Å². The number of rotatable bonds is 8. The molecule has 0 aromatic heterocycles. The Bertz CT molecular complexity index is 2130. The Morgan fingerprint density at radius 3 is 1.35 bits per heavy atom. The highest BCUT2D eigenvalue weighted by Gasteiger charge is 2.37. The van der Waals surface area contributed by atoms with Crippen LogP contribution in [0.2, 0.25) is 0 Å². The summed E-state index contributed by atoms with van der Waals surface area (Å²) in [6.07, 6.45) is 1.99. The van der Waals surface area contributed by atoms with E-state index in [0.717, 1.165) is 76.3 Å². The molecule has 2 aliphatic rings. The lowest BCUT2D eigenvalue weighted by molar-refractivity contribution is -0.141. The Morgan fingerprint density at radius 1 is 0.524 bits per heavy atom. The Hall–Kier alpha value is -3.90. The number of hydrogen-bond acceptors (Lipinski definition) is 4.